The summed E-state index contributed by atoms with van der Waals surface area (Å²) in [7, 11) is 0. The zero-order valence-electron chi connectivity index (χ0n) is 14.1. The summed E-state index contributed by atoms with van der Waals surface area (Å²) in [5.41, 5.74) is 6.66. The van der Waals surface area contributed by atoms with E-state index >= 15 is 0 Å². The zero-order chi connectivity index (χ0) is 15.9. The Hall–Kier alpha value is -2.08. The molecule has 0 aromatic heterocycles. The summed E-state index contributed by atoms with van der Waals surface area (Å²) in [5, 5.41) is 0. The number of hydrogen-bond acceptors (Lipinski definition) is 0. The second-order valence-corrected chi connectivity index (χ2v) is 5.92. The van der Waals surface area contributed by atoms with Gasteiger partial charge in [-0.3, -0.25) is 0 Å². The summed E-state index contributed by atoms with van der Waals surface area (Å²) in [5.74, 6) is 1.40. The molecule has 0 saturated carbocycles. The lowest BCUT2D eigenvalue weighted by Gasteiger charge is -2.20. The van der Waals surface area contributed by atoms with Gasteiger partial charge in [0.15, 0.2) is 0 Å². The first kappa shape index (κ1) is 16.3. The van der Waals surface area contributed by atoms with Crippen molar-refractivity contribution in [2.24, 2.45) is 0 Å². The van der Waals surface area contributed by atoms with E-state index < -0.39 is 0 Å². The van der Waals surface area contributed by atoms with Gasteiger partial charge in [0.25, 0.3) is 0 Å². The summed E-state index contributed by atoms with van der Waals surface area (Å²) in [6.07, 6.45) is 5.44. The monoisotopic (exact) mass is 289 g/mol. The Morgan fingerprint density at radius 2 is 1.50 bits per heavy atom. The van der Waals surface area contributed by atoms with Crippen LogP contribution >= 0.6 is 0 Å². The van der Waals surface area contributed by atoms with Crippen molar-refractivity contribution in [3.63, 3.8) is 0 Å². The molecule has 2 aromatic carbocycles. The van der Waals surface area contributed by atoms with E-state index in [0.717, 1.165) is 6.42 Å². The molecule has 0 unspecified atom stereocenters. The maximum absolute atomic E-state index is 2.27. The maximum Gasteiger partial charge on any atom is 0.0342 e. The van der Waals surface area contributed by atoms with Crippen molar-refractivity contribution in [2.45, 2.75) is 34.1 Å². The third kappa shape index (κ3) is 4.21. The van der Waals surface area contributed by atoms with Gasteiger partial charge in [0.05, 0.1) is 0 Å². The number of rotatable bonds is 5. The van der Waals surface area contributed by atoms with E-state index in [-0.39, 0.29) is 0 Å². The van der Waals surface area contributed by atoms with E-state index in [2.05, 4.69) is 94.4 Å². The van der Waals surface area contributed by atoms with Gasteiger partial charge in [-0.25, -0.2) is 0 Å². The predicted octanol–water partition coefficient (Wildman–Crippen LogP) is 6.24. The summed E-state index contributed by atoms with van der Waals surface area (Å²) in [6, 6.07) is 19.4. The van der Waals surface area contributed by atoms with Crippen LogP contribution in [0.25, 0.3) is 6.08 Å². The predicted molar refractivity (Wildman–Crippen MR) is 97.7 cm³/mol. The largest absolute Gasteiger partial charge is 0.0878 e. The molecule has 0 N–H and O–H groups in total. The fraction of sp³-hybridized carbons (Fsp3) is 0.227. The van der Waals surface area contributed by atoms with Crippen molar-refractivity contribution in [1.82, 2.24) is 0 Å². The van der Waals surface area contributed by atoms with Gasteiger partial charge in [0.2, 0.25) is 0 Å². The lowest BCUT2D eigenvalue weighted by molar-refractivity contribution is 0.999. The fourth-order valence-electron chi connectivity index (χ4n) is 2.63. The first-order chi connectivity index (χ1) is 10.6. The highest BCUT2D eigenvalue weighted by atomic mass is 14.2. The molecule has 0 saturated heterocycles. The minimum atomic E-state index is 0.963. The molecular weight excluding hydrogens is 264 g/mol. The molecule has 0 nitrogen and oxygen atoms in total. The van der Waals surface area contributed by atoms with Crippen LogP contribution < -0.4 is 0 Å². The molecule has 0 aliphatic rings. The van der Waals surface area contributed by atoms with Gasteiger partial charge >= 0.3 is 0 Å². The smallest absolute Gasteiger partial charge is 0.0342 e. The Morgan fingerprint density at radius 1 is 0.864 bits per heavy atom. The molecule has 0 fully saturated rings. The Bertz CT molecular complexity index is 655. The number of benzene rings is 2. The number of hydrogen-bond donors (Lipinski definition) is 0. The molecule has 2 rings (SSSR count). The van der Waals surface area contributed by atoms with Crippen LogP contribution in [0.3, 0.4) is 0 Å². The van der Waals surface area contributed by atoms with E-state index in [1.165, 1.54) is 33.8 Å². The van der Waals surface area contributed by atoms with E-state index in [1.807, 2.05) is 0 Å². The second kappa shape index (κ2) is 7.79. The molecular formula is C22H25. The molecule has 0 bridgehead atoms. The van der Waals surface area contributed by atoms with Crippen molar-refractivity contribution in [2.75, 3.05) is 0 Å². The van der Waals surface area contributed by atoms with Crippen LogP contribution in [-0.4, -0.2) is 0 Å². The molecule has 0 spiro atoms. The Kier molecular flexibility index (Phi) is 5.77. The summed E-state index contributed by atoms with van der Waals surface area (Å²) in [4.78, 5) is 0. The lowest BCUT2D eigenvalue weighted by atomic mass is 9.83. The molecule has 0 aliphatic carbocycles. The molecule has 0 heterocycles. The van der Waals surface area contributed by atoms with Gasteiger partial charge in [-0.05, 0) is 50.8 Å². The van der Waals surface area contributed by atoms with E-state index in [9.17, 15) is 0 Å². The fourth-order valence-corrected chi connectivity index (χ4v) is 2.63. The van der Waals surface area contributed by atoms with Crippen LogP contribution in [0.2, 0.25) is 0 Å². The molecule has 113 valence electrons. The maximum atomic E-state index is 2.27. The average molecular weight is 289 g/mol. The Balaban J connectivity index is 2.45. The van der Waals surface area contributed by atoms with Crippen LogP contribution in [0.4, 0.5) is 0 Å². The third-order valence-corrected chi connectivity index (χ3v) is 3.86. The summed E-state index contributed by atoms with van der Waals surface area (Å²) >= 11 is 0. The topological polar surface area (TPSA) is 0 Å². The van der Waals surface area contributed by atoms with Crippen molar-refractivity contribution in [1.29, 1.82) is 0 Å². The SMILES string of the molecule is CC=C(C)[C](Cc1ccccc1)c1ccccc1C=C(C)C. The van der Waals surface area contributed by atoms with E-state index in [4.69, 9.17) is 0 Å². The Labute approximate surface area is 135 Å². The number of allylic oxidation sites excluding steroid dienone is 3. The van der Waals surface area contributed by atoms with Crippen LogP contribution in [0.1, 0.15) is 44.4 Å². The van der Waals surface area contributed by atoms with Gasteiger partial charge in [-0.2, -0.15) is 0 Å². The zero-order valence-corrected chi connectivity index (χ0v) is 14.1. The van der Waals surface area contributed by atoms with Crippen LogP contribution in [0.5, 0.6) is 0 Å². The first-order valence-corrected chi connectivity index (χ1v) is 7.89. The van der Waals surface area contributed by atoms with Crippen molar-refractivity contribution >= 4 is 6.08 Å². The average Bonchev–Trinajstić information content (AvgIpc) is 2.53. The molecule has 0 atom stereocenters. The highest BCUT2D eigenvalue weighted by Crippen LogP contribution is 2.30. The Morgan fingerprint density at radius 3 is 2.14 bits per heavy atom. The van der Waals surface area contributed by atoms with Crippen molar-refractivity contribution < 1.29 is 0 Å². The second-order valence-electron chi connectivity index (χ2n) is 5.92. The van der Waals surface area contributed by atoms with Crippen molar-refractivity contribution in [3.8, 4) is 0 Å². The molecule has 0 amide bonds. The minimum Gasteiger partial charge on any atom is -0.0878 e. The quantitative estimate of drug-likeness (QED) is 0.611. The third-order valence-electron chi connectivity index (χ3n) is 3.86. The lowest BCUT2D eigenvalue weighted by Crippen LogP contribution is -2.07. The highest BCUT2D eigenvalue weighted by molar-refractivity contribution is 5.62. The van der Waals surface area contributed by atoms with Gasteiger partial charge in [0, 0.05) is 5.92 Å². The van der Waals surface area contributed by atoms with Gasteiger partial charge in [0.1, 0.15) is 0 Å². The first-order valence-electron chi connectivity index (χ1n) is 7.89. The van der Waals surface area contributed by atoms with Gasteiger partial charge in [-0.15, -0.1) is 0 Å². The molecule has 2 aromatic rings. The molecule has 1 radical (unpaired) electrons. The van der Waals surface area contributed by atoms with Crippen LogP contribution in [0.15, 0.2) is 71.8 Å². The summed E-state index contributed by atoms with van der Waals surface area (Å²) < 4.78 is 0. The van der Waals surface area contributed by atoms with Gasteiger partial charge in [-0.1, -0.05) is 77.9 Å². The van der Waals surface area contributed by atoms with Crippen molar-refractivity contribution in [3.05, 3.63) is 94.4 Å². The molecule has 0 heteroatoms. The molecule has 22 heavy (non-hydrogen) atoms. The van der Waals surface area contributed by atoms with Gasteiger partial charge < -0.3 is 0 Å². The van der Waals surface area contributed by atoms with Crippen LogP contribution in [0, 0.1) is 5.92 Å². The standard InChI is InChI=1S/C22H25/c1-5-18(4)22(16-19-11-7-6-8-12-19)21-14-10-9-13-20(21)15-17(2)3/h5-15H,16H2,1-4H3. The van der Waals surface area contributed by atoms with E-state index in [0.29, 0.717) is 0 Å². The highest BCUT2D eigenvalue weighted by Gasteiger charge is 2.17. The van der Waals surface area contributed by atoms with Crippen LogP contribution in [-0.2, 0) is 6.42 Å². The summed E-state index contributed by atoms with van der Waals surface area (Å²) in [6.45, 7) is 8.62. The van der Waals surface area contributed by atoms with E-state index in [1.54, 1.807) is 0 Å². The minimum absolute atomic E-state index is 0.963. The normalized spacial score (nSPS) is 11.6. The molecule has 0 aliphatic heterocycles.